The SMILES string of the molecule is Cc1cc(C(=O)NC(C)c2ccccc2N)n(C)n1. The van der Waals surface area contributed by atoms with Crippen LogP contribution in [0.25, 0.3) is 0 Å². The molecule has 0 aliphatic carbocycles. The van der Waals surface area contributed by atoms with Gasteiger partial charge in [-0.2, -0.15) is 5.10 Å². The highest BCUT2D eigenvalue weighted by atomic mass is 16.2. The molecule has 0 aliphatic heterocycles. The van der Waals surface area contributed by atoms with Crippen LogP contribution < -0.4 is 11.1 Å². The van der Waals surface area contributed by atoms with E-state index in [-0.39, 0.29) is 11.9 Å². The number of nitrogens with one attached hydrogen (secondary N) is 1. The Morgan fingerprint density at radius 2 is 2.11 bits per heavy atom. The van der Waals surface area contributed by atoms with Gasteiger partial charge in [0.15, 0.2) is 0 Å². The molecule has 100 valence electrons. The van der Waals surface area contributed by atoms with Gasteiger partial charge in [-0.1, -0.05) is 18.2 Å². The van der Waals surface area contributed by atoms with Gasteiger partial charge in [0.25, 0.3) is 5.91 Å². The van der Waals surface area contributed by atoms with E-state index in [0.717, 1.165) is 11.3 Å². The molecular weight excluding hydrogens is 240 g/mol. The standard InChI is InChI=1S/C14H18N4O/c1-9-8-13(18(3)17-9)14(19)16-10(2)11-6-4-5-7-12(11)15/h4-8,10H,15H2,1-3H3,(H,16,19). The van der Waals surface area contributed by atoms with Crippen LogP contribution >= 0.6 is 0 Å². The first-order valence-corrected chi connectivity index (χ1v) is 6.15. The minimum Gasteiger partial charge on any atom is -0.398 e. The summed E-state index contributed by atoms with van der Waals surface area (Å²) in [6.45, 7) is 3.77. The monoisotopic (exact) mass is 258 g/mol. The number of aryl methyl sites for hydroxylation is 2. The zero-order valence-corrected chi connectivity index (χ0v) is 11.3. The fraction of sp³-hybridized carbons (Fsp3) is 0.286. The Kier molecular flexibility index (Phi) is 3.55. The van der Waals surface area contributed by atoms with Gasteiger partial charge in [-0.3, -0.25) is 9.48 Å². The number of aromatic nitrogens is 2. The molecular formula is C14H18N4O. The summed E-state index contributed by atoms with van der Waals surface area (Å²) < 4.78 is 1.58. The predicted molar refractivity (Wildman–Crippen MR) is 74.7 cm³/mol. The summed E-state index contributed by atoms with van der Waals surface area (Å²) in [4.78, 5) is 12.2. The smallest absolute Gasteiger partial charge is 0.270 e. The lowest BCUT2D eigenvalue weighted by Crippen LogP contribution is -2.28. The van der Waals surface area contributed by atoms with Gasteiger partial charge in [0.2, 0.25) is 0 Å². The average Bonchev–Trinajstić information content (AvgIpc) is 2.69. The highest BCUT2D eigenvalue weighted by molar-refractivity contribution is 5.93. The third-order valence-corrected chi connectivity index (χ3v) is 3.04. The molecule has 0 saturated carbocycles. The lowest BCUT2D eigenvalue weighted by molar-refractivity contribution is 0.0930. The van der Waals surface area contributed by atoms with Crippen LogP contribution in [0, 0.1) is 6.92 Å². The first kappa shape index (κ1) is 13.1. The van der Waals surface area contributed by atoms with Crippen molar-refractivity contribution in [3.05, 3.63) is 47.3 Å². The maximum Gasteiger partial charge on any atom is 0.270 e. The second-order valence-electron chi connectivity index (χ2n) is 4.62. The van der Waals surface area contributed by atoms with E-state index in [1.165, 1.54) is 0 Å². The molecule has 5 nitrogen and oxygen atoms in total. The number of carbonyl (C=O) groups excluding carboxylic acids is 1. The van der Waals surface area contributed by atoms with Gasteiger partial charge in [0, 0.05) is 12.7 Å². The van der Waals surface area contributed by atoms with Crippen LogP contribution in [-0.2, 0) is 7.05 Å². The molecule has 1 unspecified atom stereocenters. The Morgan fingerprint density at radius 3 is 2.68 bits per heavy atom. The van der Waals surface area contributed by atoms with Crippen LogP contribution in [0.1, 0.15) is 34.7 Å². The quantitative estimate of drug-likeness (QED) is 0.824. The largest absolute Gasteiger partial charge is 0.398 e. The zero-order valence-electron chi connectivity index (χ0n) is 11.3. The van der Waals surface area contributed by atoms with E-state index in [0.29, 0.717) is 11.4 Å². The van der Waals surface area contributed by atoms with Crippen molar-refractivity contribution in [3.63, 3.8) is 0 Å². The van der Waals surface area contributed by atoms with Crippen molar-refractivity contribution < 1.29 is 4.79 Å². The fourth-order valence-corrected chi connectivity index (χ4v) is 2.08. The molecule has 1 aromatic carbocycles. The van der Waals surface area contributed by atoms with Crippen LogP contribution in [0.15, 0.2) is 30.3 Å². The summed E-state index contributed by atoms with van der Waals surface area (Å²) in [7, 11) is 1.75. The lowest BCUT2D eigenvalue weighted by atomic mass is 10.1. The molecule has 1 atom stereocenters. The van der Waals surface area contributed by atoms with E-state index in [9.17, 15) is 4.79 Å². The van der Waals surface area contributed by atoms with E-state index in [1.807, 2.05) is 38.1 Å². The van der Waals surface area contributed by atoms with Crippen LogP contribution in [0.5, 0.6) is 0 Å². The first-order chi connectivity index (χ1) is 8.99. The molecule has 0 saturated heterocycles. The zero-order chi connectivity index (χ0) is 14.0. The molecule has 5 heteroatoms. The van der Waals surface area contributed by atoms with Crippen molar-refractivity contribution in [2.24, 2.45) is 7.05 Å². The number of anilines is 1. The first-order valence-electron chi connectivity index (χ1n) is 6.15. The Morgan fingerprint density at radius 1 is 1.42 bits per heavy atom. The molecule has 0 aliphatic rings. The summed E-state index contributed by atoms with van der Waals surface area (Å²) in [5.74, 6) is -0.154. The summed E-state index contributed by atoms with van der Waals surface area (Å²) >= 11 is 0. The summed E-state index contributed by atoms with van der Waals surface area (Å²) in [5, 5.41) is 7.09. The van der Waals surface area contributed by atoms with Gasteiger partial charge < -0.3 is 11.1 Å². The van der Waals surface area contributed by atoms with E-state index < -0.39 is 0 Å². The van der Waals surface area contributed by atoms with Crippen LogP contribution in [0.3, 0.4) is 0 Å². The maximum absolute atomic E-state index is 12.2. The van der Waals surface area contributed by atoms with Gasteiger partial charge in [0.05, 0.1) is 11.7 Å². The van der Waals surface area contributed by atoms with E-state index in [4.69, 9.17) is 5.73 Å². The Balaban J connectivity index is 2.15. The molecule has 19 heavy (non-hydrogen) atoms. The number of benzene rings is 1. The topological polar surface area (TPSA) is 72.9 Å². The van der Waals surface area contributed by atoms with Crippen molar-refractivity contribution in [2.75, 3.05) is 5.73 Å². The average molecular weight is 258 g/mol. The van der Waals surface area contributed by atoms with Gasteiger partial charge in [0.1, 0.15) is 5.69 Å². The molecule has 1 aromatic heterocycles. The van der Waals surface area contributed by atoms with E-state index >= 15 is 0 Å². The number of hydrogen-bond donors (Lipinski definition) is 2. The van der Waals surface area contributed by atoms with Gasteiger partial charge in [-0.05, 0) is 31.5 Å². The van der Waals surface area contributed by atoms with E-state index in [1.54, 1.807) is 17.8 Å². The molecule has 2 aromatic rings. The van der Waals surface area contributed by atoms with Crippen LogP contribution in [0.4, 0.5) is 5.69 Å². The highest BCUT2D eigenvalue weighted by Crippen LogP contribution is 2.19. The molecule has 0 spiro atoms. The molecule has 1 amide bonds. The Hall–Kier alpha value is -2.30. The molecule has 2 rings (SSSR count). The Bertz CT molecular complexity index is 603. The van der Waals surface area contributed by atoms with Crippen molar-refractivity contribution in [1.29, 1.82) is 0 Å². The third kappa shape index (κ3) is 2.76. The molecule has 3 N–H and O–H groups in total. The van der Waals surface area contributed by atoms with Crippen LogP contribution in [0.2, 0.25) is 0 Å². The number of carbonyl (C=O) groups is 1. The minimum atomic E-state index is -0.154. The van der Waals surface area contributed by atoms with E-state index in [2.05, 4.69) is 10.4 Å². The normalized spacial score (nSPS) is 12.2. The molecule has 0 radical (unpaired) electrons. The number of nitrogens with zero attached hydrogens (tertiary/aromatic N) is 2. The number of nitrogens with two attached hydrogens (primary N) is 1. The lowest BCUT2D eigenvalue weighted by Gasteiger charge is -2.16. The summed E-state index contributed by atoms with van der Waals surface area (Å²) in [6, 6.07) is 9.13. The maximum atomic E-state index is 12.2. The van der Waals surface area contributed by atoms with Crippen molar-refractivity contribution in [3.8, 4) is 0 Å². The van der Waals surface area contributed by atoms with Crippen molar-refractivity contribution >= 4 is 11.6 Å². The second kappa shape index (κ2) is 5.14. The fourth-order valence-electron chi connectivity index (χ4n) is 2.08. The third-order valence-electron chi connectivity index (χ3n) is 3.04. The number of para-hydroxylation sites is 1. The second-order valence-corrected chi connectivity index (χ2v) is 4.62. The molecule has 0 fully saturated rings. The number of rotatable bonds is 3. The molecule has 0 bridgehead atoms. The Labute approximate surface area is 112 Å². The number of hydrogen-bond acceptors (Lipinski definition) is 3. The van der Waals surface area contributed by atoms with Gasteiger partial charge >= 0.3 is 0 Å². The van der Waals surface area contributed by atoms with Crippen molar-refractivity contribution in [2.45, 2.75) is 19.9 Å². The highest BCUT2D eigenvalue weighted by Gasteiger charge is 2.16. The van der Waals surface area contributed by atoms with Crippen molar-refractivity contribution in [1.82, 2.24) is 15.1 Å². The van der Waals surface area contributed by atoms with Gasteiger partial charge in [-0.15, -0.1) is 0 Å². The summed E-state index contributed by atoms with van der Waals surface area (Å²) in [6.07, 6.45) is 0. The van der Waals surface area contributed by atoms with Gasteiger partial charge in [-0.25, -0.2) is 0 Å². The van der Waals surface area contributed by atoms with Crippen LogP contribution in [-0.4, -0.2) is 15.7 Å². The number of amides is 1. The minimum absolute atomic E-state index is 0.149. The molecule has 1 heterocycles. The summed E-state index contributed by atoms with van der Waals surface area (Å²) in [5.41, 5.74) is 8.85. The predicted octanol–water partition coefficient (Wildman–Crippen LogP) is 1.80. The number of nitrogen functional groups attached to an aromatic ring is 1.